The van der Waals surface area contributed by atoms with Gasteiger partial charge in [0, 0.05) is 12.1 Å². The largest absolute Gasteiger partial charge is 0.465 e. The van der Waals surface area contributed by atoms with Gasteiger partial charge in [-0.2, -0.15) is 0 Å². The van der Waals surface area contributed by atoms with Gasteiger partial charge >= 0.3 is 12.1 Å². The molecule has 0 aromatic heterocycles. The third-order valence-electron chi connectivity index (χ3n) is 2.07. The summed E-state index contributed by atoms with van der Waals surface area (Å²) in [7, 11) is 1.29. The summed E-state index contributed by atoms with van der Waals surface area (Å²) < 4.78 is 4.55. The van der Waals surface area contributed by atoms with Crippen molar-refractivity contribution in [1.29, 1.82) is 0 Å². The Bertz CT molecular complexity index is 485. The maximum Gasteiger partial charge on any atom is 0.437 e. The van der Waals surface area contributed by atoms with Crippen LogP contribution in [0.15, 0.2) is 29.4 Å². The molecule has 0 aliphatic heterocycles. The van der Waals surface area contributed by atoms with Gasteiger partial charge in [-0.1, -0.05) is 23.7 Å². The molecule has 0 radical (unpaired) electrons. The highest BCUT2D eigenvalue weighted by Crippen LogP contribution is 2.10. The highest BCUT2D eigenvalue weighted by atomic mass is 35.5. The first-order valence-corrected chi connectivity index (χ1v) is 5.83. The van der Waals surface area contributed by atoms with Crippen LogP contribution in [0.5, 0.6) is 0 Å². The van der Waals surface area contributed by atoms with Crippen molar-refractivity contribution in [3.8, 4) is 0 Å². The van der Waals surface area contributed by atoms with Gasteiger partial charge in [0.15, 0.2) is 0 Å². The highest BCUT2D eigenvalue weighted by molar-refractivity contribution is 6.65. The minimum atomic E-state index is -0.766. The van der Waals surface area contributed by atoms with Crippen LogP contribution in [0.3, 0.4) is 0 Å². The van der Waals surface area contributed by atoms with Gasteiger partial charge in [-0.3, -0.25) is 10.2 Å². The molecule has 0 spiro atoms. The fourth-order valence-corrected chi connectivity index (χ4v) is 1.14. The lowest BCUT2D eigenvalue weighted by Gasteiger charge is -2.04. The summed E-state index contributed by atoms with van der Waals surface area (Å²) in [6.45, 7) is 1.78. The minimum Gasteiger partial charge on any atom is -0.465 e. The Morgan fingerprint density at radius 3 is 2.47 bits per heavy atom. The molecule has 0 heterocycles. The summed E-state index contributed by atoms with van der Waals surface area (Å²) in [5, 5.41) is 6.01. The number of benzene rings is 1. The predicted molar refractivity (Wildman–Crippen MR) is 71.5 cm³/mol. The van der Waals surface area contributed by atoms with Crippen LogP contribution < -0.4 is 5.32 Å². The van der Waals surface area contributed by atoms with Crippen LogP contribution in [0, 0.1) is 0 Å². The third-order valence-corrected chi connectivity index (χ3v) is 2.41. The van der Waals surface area contributed by atoms with E-state index in [0.717, 1.165) is 0 Å². The van der Waals surface area contributed by atoms with Crippen molar-refractivity contribution < 1.29 is 19.2 Å². The highest BCUT2D eigenvalue weighted by Gasteiger charge is 2.07. The van der Waals surface area contributed by atoms with Gasteiger partial charge in [-0.05, 0) is 24.3 Å². The molecular weight excluding hydrogens is 272 g/mol. The van der Waals surface area contributed by atoms with Gasteiger partial charge in [0.25, 0.3) is 0 Å². The Labute approximate surface area is 115 Å². The Morgan fingerprint density at radius 1 is 1.32 bits per heavy atom. The summed E-state index contributed by atoms with van der Waals surface area (Å²) in [6.07, 6.45) is -0.291. The van der Waals surface area contributed by atoms with Crippen LogP contribution in [-0.4, -0.2) is 24.3 Å². The van der Waals surface area contributed by atoms with E-state index in [2.05, 4.69) is 20.0 Å². The molecule has 1 aromatic rings. The van der Waals surface area contributed by atoms with Gasteiger partial charge in [0.05, 0.1) is 12.7 Å². The van der Waals surface area contributed by atoms with Crippen molar-refractivity contribution in [2.24, 2.45) is 5.16 Å². The predicted octanol–water partition coefficient (Wildman–Crippen LogP) is 2.98. The zero-order valence-electron chi connectivity index (χ0n) is 10.5. The number of amides is 1. The number of rotatable bonds is 4. The molecule has 102 valence electrons. The Kier molecular flexibility index (Phi) is 5.81. The number of hydrogen-bond donors (Lipinski definition) is 1. The average molecular weight is 285 g/mol. The number of oxime groups is 1. The number of halogens is 1. The van der Waals surface area contributed by atoms with E-state index in [0.29, 0.717) is 17.7 Å². The molecule has 1 amide bonds. The van der Waals surface area contributed by atoms with Gasteiger partial charge in [-0.25, -0.2) is 9.59 Å². The van der Waals surface area contributed by atoms with E-state index in [1.165, 1.54) is 19.2 Å². The van der Waals surface area contributed by atoms with E-state index in [9.17, 15) is 9.59 Å². The Balaban J connectivity index is 2.58. The van der Waals surface area contributed by atoms with Crippen LogP contribution in [0.2, 0.25) is 0 Å². The molecule has 0 saturated heterocycles. The van der Waals surface area contributed by atoms with Gasteiger partial charge in [-0.15, -0.1) is 0 Å². The van der Waals surface area contributed by atoms with Crippen molar-refractivity contribution in [2.45, 2.75) is 13.3 Å². The molecular formula is C12H13ClN2O4. The lowest BCUT2D eigenvalue weighted by Crippen LogP contribution is -2.11. The quantitative estimate of drug-likeness (QED) is 0.399. The first-order valence-electron chi connectivity index (χ1n) is 5.45. The molecule has 19 heavy (non-hydrogen) atoms. The number of hydrogen-bond acceptors (Lipinski definition) is 5. The molecule has 1 aromatic carbocycles. The SMILES string of the molecule is CC/C(Cl)=N\OC(=O)Nc1ccc(C(=O)OC)cc1. The standard InChI is InChI=1S/C12H13ClN2O4/c1-3-10(13)15-19-12(17)14-9-6-4-8(5-7-9)11(16)18-2/h4-7H,3H2,1-2H3,(H,14,17)/b15-10+. The Hall–Kier alpha value is -2.08. The fourth-order valence-electron chi connectivity index (χ4n) is 1.10. The van der Waals surface area contributed by atoms with E-state index in [1.54, 1.807) is 19.1 Å². The van der Waals surface area contributed by atoms with Crippen LogP contribution in [0.4, 0.5) is 10.5 Å². The normalized spacial score (nSPS) is 10.8. The lowest BCUT2D eigenvalue weighted by molar-refractivity contribution is 0.0600. The van der Waals surface area contributed by atoms with E-state index >= 15 is 0 Å². The number of carbonyl (C=O) groups excluding carboxylic acids is 2. The molecule has 7 heteroatoms. The summed E-state index contributed by atoms with van der Waals surface area (Å²) in [6, 6.07) is 6.12. The number of esters is 1. The van der Waals surface area contributed by atoms with Crippen LogP contribution in [0.1, 0.15) is 23.7 Å². The first kappa shape index (κ1) is 15.0. The second-order valence-corrected chi connectivity index (χ2v) is 3.83. The van der Waals surface area contributed by atoms with Crippen molar-refractivity contribution in [1.82, 2.24) is 0 Å². The summed E-state index contributed by atoms with van der Waals surface area (Å²) >= 11 is 5.58. The first-order chi connectivity index (χ1) is 9.06. The number of methoxy groups -OCH3 is 1. The fraction of sp³-hybridized carbons (Fsp3) is 0.250. The molecule has 0 saturated carbocycles. The molecule has 0 atom stereocenters. The molecule has 1 rings (SSSR count). The number of nitrogens with one attached hydrogen (secondary N) is 1. The van der Waals surface area contributed by atoms with E-state index in [4.69, 9.17) is 11.6 Å². The van der Waals surface area contributed by atoms with Crippen molar-refractivity contribution in [3.05, 3.63) is 29.8 Å². The Morgan fingerprint density at radius 2 is 1.95 bits per heavy atom. The smallest absolute Gasteiger partial charge is 0.437 e. The molecule has 0 bridgehead atoms. The second-order valence-electron chi connectivity index (χ2n) is 3.39. The van der Waals surface area contributed by atoms with E-state index in [1.807, 2.05) is 0 Å². The van der Waals surface area contributed by atoms with E-state index < -0.39 is 12.1 Å². The van der Waals surface area contributed by atoms with Crippen molar-refractivity contribution in [2.75, 3.05) is 12.4 Å². The van der Waals surface area contributed by atoms with Gasteiger partial charge in [0.1, 0.15) is 5.17 Å². The summed E-state index contributed by atoms with van der Waals surface area (Å²) in [4.78, 5) is 27.0. The lowest BCUT2D eigenvalue weighted by atomic mass is 10.2. The van der Waals surface area contributed by atoms with E-state index in [-0.39, 0.29) is 5.17 Å². The zero-order chi connectivity index (χ0) is 14.3. The molecule has 0 aliphatic rings. The van der Waals surface area contributed by atoms with Gasteiger partial charge in [0.2, 0.25) is 0 Å². The molecule has 0 fully saturated rings. The monoisotopic (exact) mass is 284 g/mol. The van der Waals surface area contributed by atoms with Crippen LogP contribution >= 0.6 is 11.6 Å². The third kappa shape index (κ3) is 4.97. The second kappa shape index (κ2) is 7.38. The molecule has 0 unspecified atom stereocenters. The van der Waals surface area contributed by atoms with Gasteiger partial charge < -0.3 is 4.74 Å². The number of nitrogens with zero attached hydrogens (tertiary/aromatic N) is 1. The maximum absolute atomic E-state index is 11.3. The average Bonchev–Trinajstić information content (AvgIpc) is 2.44. The summed E-state index contributed by atoms with van der Waals surface area (Å²) in [5.74, 6) is -0.451. The maximum atomic E-state index is 11.3. The number of ether oxygens (including phenoxy) is 1. The molecule has 1 N–H and O–H groups in total. The topological polar surface area (TPSA) is 77.0 Å². The number of carbonyl (C=O) groups is 2. The molecule has 6 nitrogen and oxygen atoms in total. The minimum absolute atomic E-state index is 0.191. The van der Waals surface area contributed by atoms with Crippen molar-refractivity contribution in [3.63, 3.8) is 0 Å². The van der Waals surface area contributed by atoms with Crippen LogP contribution in [0.25, 0.3) is 0 Å². The summed E-state index contributed by atoms with van der Waals surface area (Å²) in [5.41, 5.74) is 0.842. The van der Waals surface area contributed by atoms with Crippen molar-refractivity contribution >= 4 is 34.5 Å². The zero-order valence-corrected chi connectivity index (χ0v) is 11.2. The van der Waals surface area contributed by atoms with Crippen LogP contribution in [-0.2, 0) is 9.57 Å². The molecule has 0 aliphatic carbocycles. The number of anilines is 1.